The van der Waals surface area contributed by atoms with Gasteiger partial charge in [0.15, 0.2) is 0 Å². The number of ether oxygens (including phenoxy) is 1. The van der Waals surface area contributed by atoms with Crippen molar-refractivity contribution in [2.45, 2.75) is 52.1 Å². The minimum Gasteiger partial charge on any atom is -0.494 e. The molecule has 2 aliphatic rings. The van der Waals surface area contributed by atoms with Crippen LogP contribution in [0.3, 0.4) is 0 Å². The van der Waals surface area contributed by atoms with Crippen molar-refractivity contribution in [3.63, 3.8) is 0 Å². The van der Waals surface area contributed by atoms with Crippen molar-refractivity contribution in [3.8, 4) is 10.8 Å². The topological polar surface area (TPSA) is 46.5 Å². The Balaban J connectivity index is 1.49. The number of nitrogens with zero attached hydrogens (tertiary/aromatic N) is 2. The van der Waals surface area contributed by atoms with E-state index in [1.54, 1.807) is 0 Å². The number of aromatic nitrogens is 1. The fraction of sp³-hybridized carbons (Fsp3) is 0.300. The van der Waals surface area contributed by atoms with Crippen LogP contribution in [0.1, 0.15) is 58.6 Å². The van der Waals surface area contributed by atoms with Gasteiger partial charge in [-0.15, -0.1) is 11.3 Å². The van der Waals surface area contributed by atoms with Gasteiger partial charge in [-0.05, 0) is 92.6 Å². The van der Waals surface area contributed by atoms with Gasteiger partial charge < -0.3 is 19.5 Å². The van der Waals surface area contributed by atoms with E-state index < -0.39 is 0 Å². The molecule has 184 valence electrons. The Morgan fingerprint density at radius 1 is 1.06 bits per heavy atom. The molecule has 0 saturated heterocycles. The Morgan fingerprint density at radius 2 is 1.92 bits per heavy atom. The van der Waals surface area contributed by atoms with E-state index in [4.69, 9.17) is 4.74 Å². The molecule has 2 aromatic carbocycles. The Hall–Kier alpha value is -3.51. The van der Waals surface area contributed by atoms with Crippen LogP contribution < -0.4 is 10.1 Å². The first-order valence-corrected chi connectivity index (χ1v) is 13.6. The van der Waals surface area contributed by atoms with Crippen LogP contribution in [0.25, 0.3) is 5.00 Å². The van der Waals surface area contributed by atoms with E-state index in [-0.39, 0.29) is 12.1 Å². The summed E-state index contributed by atoms with van der Waals surface area (Å²) in [4.78, 5) is 17.5. The van der Waals surface area contributed by atoms with E-state index in [0.717, 1.165) is 41.1 Å². The number of nitrogens with one attached hydrogen (secondary N) is 1. The van der Waals surface area contributed by atoms with Gasteiger partial charge in [0, 0.05) is 22.3 Å². The van der Waals surface area contributed by atoms with E-state index in [1.807, 2.05) is 66.5 Å². The maximum Gasteiger partial charge on any atom is 0.322 e. The molecular weight excluding hydrogens is 466 g/mol. The number of hydrogen-bond acceptors (Lipinski definition) is 3. The smallest absolute Gasteiger partial charge is 0.322 e. The predicted molar refractivity (Wildman–Crippen MR) is 145 cm³/mol. The van der Waals surface area contributed by atoms with Crippen molar-refractivity contribution in [2.24, 2.45) is 0 Å². The Bertz CT molecular complexity index is 1420. The van der Waals surface area contributed by atoms with Crippen molar-refractivity contribution < 1.29 is 9.53 Å². The number of anilines is 1. The second-order valence-electron chi connectivity index (χ2n) is 9.63. The maximum absolute atomic E-state index is 14.0. The summed E-state index contributed by atoms with van der Waals surface area (Å²) >= 11 is 1.91. The molecule has 1 aliphatic carbocycles. The lowest BCUT2D eigenvalue weighted by atomic mass is 9.95. The molecule has 0 unspecified atom stereocenters. The van der Waals surface area contributed by atoms with Gasteiger partial charge in [-0.2, -0.15) is 0 Å². The summed E-state index contributed by atoms with van der Waals surface area (Å²) in [6.07, 6.45) is 6.84. The number of thiophene rings is 1. The highest BCUT2D eigenvalue weighted by Crippen LogP contribution is 2.44. The minimum absolute atomic E-state index is 0.0937. The van der Waals surface area contributed by atoms with Gasteiger partial charge in [0.2, 0.25) is 0 Å². The highest BCUT2D eigenvalue weighted by molar-refractivity contribution is 7.15. The molecule has 2 amide bonds. The molecule has 1 atom stereocenters. The summed E-state index contributed by atoms with van der Waals surface area (Å²) in [7, 11) is 0. The highest BCUT2D eigenvalue weighted by atomic mass is 32.1. The zero-order valence-electron chi connectivity index (χ0n) is 20.8. The number of fused-ring (bicyclic) bond motifs is 5. The van der Waals surface area contributed by atoms with Crippen LogP contribution in [-0.4, -0.2) is 22.1 Å². The highest BCUT2D eigenvalue weighted by Gasteiger charge is 2.36. The Kier molecular flexibility index (Phi) is 6.05. The fourth-order valence-corrected chi connectivity index (χ4v) is 7.00. The second kappa shape index (κ2) is 9.51. The van der Waals surface area contributed by atoms with Gasteiger partial charge in [0.1, 0.15) is 10.8 Å². The van der Waals surface area contributed by atoms with Crippen molar-refractivity contribution >= 4 is 23.1 Å². The Labute approximate surface area is 216 Å². The SMILES string of the molecule is CCOc1cccc([C@H]2c3cccn3-c3sc4c(c3CN2C(=O)Nc2cccc(C)c2)CCCC4)c1. The van der Waals surface area contributed by atoms with Crippen molar-refractivity contribution in [1.29, 1.82) is 0 Å². The maximum atomic E-state index is 14.0. The van der Waals surface area contributed by atoms with Crippen LogP contribution in [0.15, 0.2) is 66.9 Å². The summed E-state index contributed by atoms with van der Waals surface area (Å²) in [5.74, 6) is 0.823. The average molecular weight is 498 g/mol. The number of hydrogen-bond donors (Lipinski definition) is 1. The summed E-state index contributed by atoms with van der Waals surface area (Å²) in [6, 6.07) is 20.1. The third-order valence-electron chi connectivity index (χ3n) is 7.19. The van der Waals surface area contributed by atoms with Crippen molar-refractivity contribution in [3.05, 3.63) is 99.7 Å². The first kappa shape index (κ1) is 22.9. The summed E-state index contributed by atoms with van der Waals surface area (Å²) in [6.45, 7) is 5.21. The second-order valence-corrected chi connectivity index (χ2v) is 10.7. The van der Waals surface area contributed by atoms with Crippen LogP contribution in [0.5, 0.6) is 5.75 Å². The molecule has 6 heteroatoms. The van der Waals surface area contributed by atoms with Gasteiger partial charge in [0.25, 0.3) is 0 Å². The predicted octanol–water partition coefficient (Wildman–Crippen LogP) is 7.26. The standard InChI is InChI=1S/C30H31N3O2S/c1-3-35-23-12-7-10-21(18-23)28-26-14-8-16-32(26)29-25(24-13-4-5-15-27(24)36-29)19-33(28)30(34)31-22-11-6-9-20(2)17-22/h6-12,14,16-18,28H,3-5,13,15,19H2,1-2H3,(H,31,34)/t28-/m0/s1. The molecule has 6 rings (SSSR count). The first-order valence-electron chi connectivity index (χ1n) is 12.8. The summed E-state index contributed by atoms with van der Waals surface area (Å²) in [5.41, 5.74) is 6.83. The normalized spacial score (nSPS) is 16.5. The van der Waals surface area contributed by atoms with Gasteiger partial charge in [-0.1, -0.05) is 24.3 Å². The molecule has 4 aromatic rings. The molecule has 5 nitrogen and oxygen atoms in total. The fourth-order valence-electron chi connectivity index (χ4n) is 5.60. The van der Waals surface area contributed by atoms with E-state index in [2.05, 4.69) is 40.3 Å². The molecule has 3 heterocycles. The van der Waals surface area contributed by atoms with Crippen LogP contribution in [0, 0.1) is 6.92 Å². The molecule has 1 N–H and O–H groups in total. The van der Waals surface area contributed by atoms with Crippen LogP contribution in [-0.2, 0) is 19.4 Å². The largest absolute Gasteiger partial charge is 0.494 e. The summed E-state index contributed by atoms with van der Waals surface area (Å²) in [5, 5.41) is 4.46. The number of aryl methyl sites for hydroxylation is 2. The van der Waals surface area contributed by atoms with E-state index >= 15 is 0 Å². The molecule has 0 saturated carbocycles. The number of carbonyl (C=O) groups is 1. The van der Waals surface area contributed by atoms with Crippen molar-refractivity contribution in [1.82, 2.24) is 9.47 Å². The monoisotopic (exact) mass is 497 g/mol. The average Bonchev–Trinajstić information content (AvgIpc) is 3.46. The number of rotatable bonds is 4. The van der Waals surface area contributed by atoms with Gasteiger partial charge in [-0.25, -0.2) is 4.79 Å². The van der Waals surface area contributed by atoms with E-state index in [1.165, 1.54) is 33.8 Å². The van der Waals surface area contributed by atoms with Crippen LogP contribution in [0.4, 0.5) is 10.5 Å². The quantitative estimate of drug-likeness (QED) is 0.322. The van der Waals surface area contributed by atoms with Gasteiger partial charge >= 0.3 is 6.03 Å². The Morgan fingerprint density at radius 3 is 2.78 bits per heavy atom. The van der Waals surface area contributed by atoms with Gasteiger partial charge in [0.05, 0.1) is 24.9 Å². The molecule has 36 heavy (non-hydrogen) atoms. The lowest BCUT2D eigenvalue weighted by Gasteiger charge is -2.31. The molecule has 0 fully saturated rings. The lowest BCUT2D eigenvalue weighted by Crippen LogP contribution is -2.38. The third kappa shape index (κ3) is 4.09. The molecule has 1 aliphatic heterocycles. The lowest BCUT2D eigenvalue weighted by molar-refractivity contribution is 0.194. The zero-order chi connectivity index (χ0) is 24.6. The van der Waals surface area contributed by atoms with Crippen LogP contribution >= 0.6 is 11.3 Å². The van der Waals surface area contributed by atoms with E-state index in [9.17, 15) is 4.79 Å². The van der Waals surface area contributed by atoms with Crippen molar-refractivity contribution in [2.75, 3.05) is 11.9 Å². The molecule has 0 radical (unpaired) electrons. The zero-order valence-corrected chi connectivity index (χ0v) is 21.6. The first-order chi connectivity index (χ1) is 17.6. The van der Waals surface area contributed by atoms with E-state index in [0.29, 0.717) is 13.2 Å². The molecule has 0 bridgehead atoms. The molecule has 0 spiro atoms. The third-order valence-corrected chi connectivity index (χ3v) is 8.53. The number of benzene rings is 2. The molecular formula is C30H31N3O2S. The number of amides is 2. The number of carbonyl (C=O) groups excluding carboxylic acids is 1. The van der Waals surface area contributed by atoms with Gasteiger partial charge in [-0.3, -0.25) is 0 Å². The number of urea groups is 1. The minimum atomic E-state index is -0.246. The molecule has 2 aromatic heterocycles. The summed E-state index contributed by atoms with van der Waals surface area (Å²) < 4.78 is 8.16. The van der Waals surface area contributed by atoms with Crippen LogP contribution in [0.2, 0.25) is 0 Å².